The van der Waals surface area contributed by atoms with Crippen molar-refractivity contribution >= 4 is 33.0 Å². The lowest BCUT2D eigenvalue weighted by Crippen LogP contribution is -2.33. The molecular formula is C13H15ClN2O2S2. The molecule has 2 rings (SSSR count). The van der Waals surface area contributed by atoms with Crippen LogP contribution in [-0.4, -0.2) is 19.4 Å². The second-order valence-electron chi connectivity index (χ2n) is 4.55. The van der Waals surface area contributed by atoms with E-state index in [9.17, 15) is 8.42 Å². The van der Waals surface area contributed by atoms with Crippen molar-refractivity contribution in [2.75, 3.05) is 0 Å². The number of thiophene rings is 1. The van der Waals surface area contributed by atoms with E-state index in [4.69, 9.17) is 11.6 Å². The van der Waals surface area contributed by atoms with Crippen molar-refractivity contribution in [3.8, 4) is 0 Å². The molecule has 2 aromatic rings. The fourth-order valence-electron chi connectivity index (χ4n) is 1.82. The second-order valence-corrected chi connectivity index (χ2v) is 8.03. The van der Waals surface area contributed by atoms with Gasteiger partial charge >= 0.3 is 0 Å². The number of rotatable bonds is 5. The number of pyridine rings is 1. The van der Waals surface area contributed by atoms with E-state index >= 15 is 0 Å². The maximum Gasteiger partial charge on any atom is 0.240 e. The molecule has 0 radical (unpaired) electrons. The first-order valence-corrected chi connectivity index (χ1v) is 8.74. The van der Waals surface area contributed by atoms with Crippen LogP contribution in [0, 0.1) is 6.92 Å². The molecule has 1 N–H and O–H groups in total. The summed E-state index contributed by atoms with van der Waals surface area (Å²) in [7, 11) is -3.57. The minimum absolute atomic E-state index is 0.131. The Kier molecular flexibility index (Phi) is 4.80. The predicted molar refractivity (Wildman–Crippen MR) is 81.8 cm³/mol. The molecular weight excluding hydrogens is 316 g/mol. The SMILES string of the molecule is Cc1ccc(CC(C)NS(=O)(=O)c2ccnc(Cl)c2)s1. The Labute approximate surface area is 127 Å². The van der Waals surface area contributed by atoms with Crippen LogP contribution < -0.4 is 4.72 Å². The molecule has 0 aliphatic rings. The quantitative estimate of drug-likeness (QED) is 0.857. The second kappa shape index (κ2) is 6.22. The Balaban J connectivity index is 2.08. The van der Waals surface area contributed by atoms with Crippen LogP contribution in [0.3, 0.4) is 0 Å². The van der Waals surface area contributed by atoms with Gasteiger partial charge < -0.3 is 0 Å². The zero-order valence-electron chi connectivity index (χ0n) is 11.1. The fourth-order valence-corrected chi connectivity index (χ4v) is 4.34. The molecule has 0 spiro atoms. The van der Waals surface area contributed by atoms with Crippen LogP contribution in [0.15, 0.2) is 35.4 Å². The van der Waals surface area contributed by atoms with Gasteiger partial charge in [0.15, 0.2) is 0 Å². The Bertz CT molecular complexity index is 698. The number of hydrogen-bond donors (Lipinski definition) is 1. The minimum atomic E-state index is -3.57. The zero-order chi connectivity index (χ0) is 14.8. The smallest absolute Gasteiger partial charge is 0.240 e. The van der Waals surface area contributed by atoms with Gasteiger partial charge in [-0.15, -0.1) is 11.3 Å². The summed E-state index contributed by atoms with van der Waals surface area (Å²) in [5, 5.41) is 0.161. The van der Waals surface area contributed by atoms with Gasteiger partial charge in [0, 0.05) is 22.0 Å². The molecule has 0 bridgehead atoms. The molecule has 0 saturated heterocycles. The number of sulfonamides is 1. The van der Waals surface area contributed by atoms with Gasteiger partial charge in [0.1, 0.15) is 5.15 Å². The van der Waals surface area contributed by atoms with Gasteiger partial charge in [-0.2, -0.15) is 0 Å². The third kappa shape index (κ3) is 4.02. The van der Waals surface area contributed by atoms with Gasteiger partial charge in [0.2, 0.25) is 10.0 Å². The Hall–Kier alpha value is -0.950. The van der Waals surface area contributed by atoms with E-state index < -0.39 is 10.0 Å². The molecule has 2 aromatic heterocycles. The van der Waals surface area contributed by atoms with E-state index in [1.165, 1.54) is 23.2 Å². The third-order valence-corrected chi connectivity index (χ3v) is 5.48. The Morgan fingerprint density at radius 1 is 1.40 bits per heavy atom. The maximum atomic E-state index is 12.2. The van der Waals surface area contributed by atoms with Crippen molar-refractivity contribution in [2.24, 2.45) is 0 Å². The number of nitrogens with zero attached hydrogens (tertiary/aromatic N) is 1. The first-order valence-electron chi connectivity index (χ1n) is 6.06. The molecule has 4 nitrogen and oxygen atoms in total. The molecule has 108 valence electrons. The van der Waals surface area contributed by atoms with Gasteiger partial charge in [-0.1, -0.05) is 11.6 Å². The van der Waals surface area contributed by atoms with Crippen molar-refractivity contribution in [3.63, 3.8) is 0 Å². The highest BCUT2D eigenvalue weighted by Gasteiger charge is 2.18. The van der Waals surface area contributed by atoms with Gasteiger partial charge in [-0.25, -0.2) is 18.1 Å². The van der Waals surface area contributed by atoms with E-state index in [1.807, 2.05) is 26.0 Å². The molecule has 0 aromatic carbocycles. The van der Waals surface area contributed by atoms with Crippen molar-refractivity contribution in [3.05, 3.63) is 45.4 Å². The maximum absolute atomic E-state index is 12.2. The average molecular weight is 331 g/mol. The van der Waals surface area contributed by atoms with E-state index in [1.54, 1.807) is 11.3 Å². The van der Waals surface area contributed by atoms with Gasteiger partial charge in [0.25, 0.3) is 0 Å². The van der Waals surface area contributed by atoms with Crippen LogP contribution in [-0.2, 0) is 16.4 Å². The molecule has 7 heteroatoms. The number of aromatic nitrogens is 1. The Morgan fingerprint density at radius 3 is 2.75 bits per heavy atom. The third-order valence-electron chi connectivity index (χ3n) is 2.67. The summed E-state index contributed by atoms with van der Waals surface area (Å²) < 4.78 is 27.0. The largest absolute Gasteiger partial charge is 0.244 e. The van der Waals surface area contributed by atoms with Gasteiger partial charge in [-0.3, -0.25) is 0 Å². The molecule has 20 heavy (non-hydrogen) atoms. The normalized spacial score (nSPS) is 13.3. The lowest BCUT2D eigenvalue weighted by Gasteiger charge is -2.13. The highest BCUT2D eigenvalue weighted by Crippen LogP contribution is 2.18. The zero-order valence-corrected chi connectivity index (χ0v) is 13.5. The van der Waals surface area contributed by atoms with Gasteiger partial charge in [0.05, 0.1) is 4.90 Å². The number of hydrogen-bond acceptors (Lipinski definition) is 4. The summed E-state index contributed by atoms with van der Waals surface area (Å²) >= 11 is 7.39. The fraction of sp³-hybridized carbons (Fsp3) is 0.308. The summed E-state index contributed by atoms with van der Waals surface area (Å²) in [6, 6.07) is 6.63. The standard InChI is InChI=1S/C13H15ClN2O2S2/c1-9(7-11-4-3-10(2)19-11)16-20(17,18)12-5-6-15-13(14)8-12/h3-6,8-9,16H,7H2,1-2H3. The monoisotopic (exact) mass is 330 g/mol. The first kappa shape index (κ1) is 15.4. The van der Waals surface area contributed by atoms with E-state index in [2.05, 4.69) is 9.71 Å². The van der Waals surface area contributed by atoms with Crippen molar-refractivity contribution in [1.82, 2.24) is 9.71 Å². The lowest BCUT2D eigenvalue weighted by atomic mass is 10.2. The first-order chi connectivity index (χ1) is 9.37. The minimum Gasteiger partial charge on any atom is -0.244 e. The molecule has 0 amide bonds. The highest BCUT2D eigenvalue weighted by molar-refractivity contribution is 7.89. The molecule has 0 fully saturated rings. The highest BCUT2D eigenvalue weighted by atomic mass is 35.5. The van der Waals surface area contributed by atoms with Crippen molar-refractivity contribution in [1.29, 1.82) is 0 Å². The number of nitrogens with one attached hydrogen (secondary N) is 1. The van der Waals surface area contributed by atoms with Crippen LogP contribution >= 0.6 is 22.9 Å². The Morgan fingerprint density at radius 2 is 2.15 bits per heavy atom. The van der Waals surface area contributed by atoms with E-state index in [-0.39, 0.29) is 16.1 Å². The van der Waals surface area contributed by atoms with Crippen LogP contribution in [0.25, 0.3) is 0 Å². The lowest BCUT2D eigenvalue weighted by molar-refractivity contribution is 0.560. The molecule has 1 unspecified atom stereocenters. The van der Waals surface area contributed by atoms with Crippen LogP contribution in [0.2, 0.25) is 5.15 Å². The average Bonchev–Trinajstić information content (AvgIpc) is 2.73. The molecule has 0 aliphatic heterocycles. The predicted octanol–water partition coefficient (Wildman–Crippen LogP) is 3.01. The molecule has 1 atom stereocenters. The van der Waals surface area contributed by atoms with E-state index in [0.717, 1.165) is 4.88 Å². The molecule has 2 heterocycles. The summed E-state index contributed by atoms with van der Waals surface area (Å²) in [5.41, 5.74) is 0. The number of aryl methyl sites for hydroxylation is 1. The summed E-state index contributed by atoms with van der Waals surface area (Å²) in [6.07, 6.45) is 2.04. The van der Waals surface area contributed by atoms with Crippen LogP contribution in [0.1, 0.15) is 16.7 Å². The van der Waals surface area contributed by atoms with Crippen molar-refractivity contribution < 1.29 is 8.42 Å². The molecule has 0 aliphatic carbocycles. The number of halogens is 1. The van der Waals surface area contributed by atoms with Crippen LogP contribution in [0.5, 0.6) is 0 Å². The van der Waals surface area contributed by atoms with E-state index in [0.29, 0.717) is 6.42 Å². The summed E-state index contributed by atoms with van der Waals surface area (Å²) in [6.45, 7) is 3.87. The summed E-state index contributed by atoms with van der Waals surface area (Å²) in [4.78, 5) is 6.29. The van der Waals surface area contributed by atoms with Gasteiger partial charge in [-0.05, 0) is 44.5 Å². The van der Waals surface area contributed by atoms with Crippen LogP contribution in [0.4, 0.5) is 0 Å². The topological polar surface area (TPSA) is 59.1 Å². The molecule has 0 saturated carbocycles. The van der Waals surface area contributed by atoms with Crippen molar-refractivity contribution in [2.45, 2.75) is 31.2 Å². The summed E-state index contributed by atoms with van der Waals surface area (Å²) in [5.74, 6) is 0.